The van der Waals surface area contributed by atoms with Gasteiger partial charge < -0.3 is 5.32 Å². The first kappa shape index (κ1) is 11.0. The summed E-state index contributed by atoms with van der Waals surface area (Å²) in [5.41, 5.74) is 0.571. The number of allylic oxidation sites excluding steroid dienone is 1. The number of hydrogen-bond donors (Lipinski definition) is 1. The predicted octanol–water partition coefficient (Wildman–Crippen LogP) is 1.62. The van der Waals surface area contributed by atoms with Gasteiger partial charge in [-0.15, -0.1) is 6.58 Å². The van der Waals surface area contributed by atoms with Crippen LogP contribution in [0.15, 0.2) is 28.1 Å². The highest BCUT2D eigenvalue weighted by Crippen LogP contribution is 2.15. The van der Waals surface area contributed by atoms with E-state index in [2.05, 4.69) is 32.9 Å². The standard InChI is InChI=1S/C9H12BrN3O/c1-3-5-13-9(14)8(10)7(6-12-13)11-4-2/h3,6,11H,1,4-5H2,2H3. The van der Waals surface area contributed by atoms with Gasteiger partial charge in [0.2, 0.25) is 0 Å². The van der Waals surface area contributed by atoms with Crippen LogP contribution in [0, 0.1) is 0 Å². The zero-order chi connectivity index (χ0) is 10.6. The van der Waals surface area contributed by atoms with Crippen molar-refractivity contribution in [3.8, 4) is 0 Å². The molecule has 0 amide bonds. The van der Waals surface area contributed by atoms with Crippen molar-refractivity contribution in [1.82, 2.24) is 9.78 Å². The normalized spacial score (nSPS) is 9.86. The van der Waals surface area contributed by atoms with Gasteiger partial charge in [-0.25, -0.2) is 4.68 Å². The van der Waals surface area contributed by atoms with Gasteiger partial charge in [0.15, 0.2) is 0 Å². The number of rotatable bonds is 4. The third kappa shape index (κ3) is 2.23. The quantitative estimate of drug-likeness (QED) is 0.835. The molecule has 1 heterocycles. The molecule has 0 unspecified atom stereocenters. The van der Waals surface area contributed by atoms with E-state index in [1.165, 1.54) is 4.68 Å². The van der Waals surface area contributed by atoms with Crippen molar-refractivity contribution in [2.24, 2.45) is 0 Å². The second-order valence-electron chi connectivity index (χ2n) is 2.68. The summed E-state index contributed by atoms with van der Waals surface area (Å²) in [4.78, 5) is 11.6. The molecule has 0 aromatic carbocycles. The summed E-state index contributed by atoms with van der Waals surface area (Å²) in [7, 11) is 0. The number of nitrogens with zero attached hydrogens (tertiary/aromatic N) is 2. The molecule has 0 fully saturated rings. The predicted molar refractivity (Wildman–Crippen MR) is 60.6 cm³/mol. The van der Waals surface area contributed by atoms with Crippen LogP contribution in [-0.2, 0) is 6.54 Å². The Hall–Kier alpha value is -1.10. The molecule has 1 rings (SSSR count). The molecule has 4 nitrogen and oxygen atoms in total. The third-order valence-corrected chi connectivity index (χ3v) is 2.42. The largest absolute Gasteiger partial charge is 0.383 e. The van der Waals surface area contributed by atoms with E-state index in [-0.39, 0.29) is 5.56 Å². The van der Waals surface area contributed by atoms with E-state index < -0.39 is 0 Å². The molecule has 0 aliphatic rings. The summed E-state index contributed by atoms with van der Waals surface area (Å²) in [5.74, 6) is 0. The fraction of sp³-hybridized carbons (Fsp3) is 0.333. The second-order valence-corrected chi connectivity index (χ2v) is 3.47. The smallest absolute Gasteiger partial charge is 0.283 e. The van der Waals surface area contributed by atoms with E-state index in [4.69, 9.17) is 0 Å². The van der Waals surface area contributed by atoms with E-state index in [9.17, 15) is 4.79 Å². The average Bonchev–Trinajstić information content (AvgIpc) is 2.18. The van der Waals surface area contributed by atoms with E-state index in [0.717, 1.165) is 12.2 Å². The molecule has 14 heavy (non-hydrogen) atoms. The van der Waals surface area contributed by atoms with Crippen molar-refractivity contribution in [2.45, 2.75) is 13.5 Å². The van der Waals surface area contributed by atoms with Crippen molar-refractivity contribution in [1.29, 1.82) is 0 Å². The molecule has 0 aliphatic carbocycles. The van der Waals surface area contributed by atoms with E-state index in [1.807, 2.05) is 6.92 Å². The molecule has 0 atom stereocenters. The lowest BCUT2D eigenvalue weighted by Gasteiger charge is -2.07. The molecule has 5 heteroatoms. The van der Waals surface area contributed by atoms with Crippen LogP contribution in [-0.4, -0.2) is 16.3 Å². The maximum atomic E-state index is 11.6. The zero-order valence-corrected chi connectivity index (χ0v) is 9.54. The highest BCUT2D eigenvalue weighted by molar-refractivity contribution is 9.10. The van der Waals surface area contributed by atoms with Gasteiger partial charge in [0.05, 0.1) is 18.4 Å². The SMILES string of the molecule is C=CCn1ncc(NCC)c(Br)c1=O. The molecular weight excluding hydrogens is 246 g/mol. The summed E-state index contributed by atoms with van der Waals surface area (Å²) in [6.45, 7) is 6.69. The number of halogens is 1. The molecule has 1 aromatic heterocycles. The summed E-state index contributed by atoms with van der Waals surface area (Å²) in [5, 5.41) is 7.03. The molecule has 0 saturated carbocycles. The number of hydrogen-bond acceptors (Lipinski definition) is 3. The lowest BCUT2D eigenvalue weighted by molar-refractivity contribution is 0.649. The molecule has 0 radical (unpaired) electrons. The van der Waals surface area contributed by atoms with Crippen molar-refractivity contribution < 1.29 is 0 Å². The first-order chi connectivity index (χ1) is 6.70. The first-order valence-corrected chi connectivity index (χ1v) is 5.10. The molecule has 0 saturated heterocycles. The maximum absolute atomic E-state index is 11.6. The lowest BCUT2D eigenvalue weighted by atomic mass is 10.4. The van der Waals surface area contributed by atoms with Crippen LogP contribution in [0.4, 0.5) is 5.69 Å². The topological polar surface area (TPSA) is 46.9 Å². The van der Waals surface area contributed by atoms with Crippen LogP contribution in [0.1, 0.15) is 6.92 Å². The van der Waals surface area contributed by atoms with Crippen molar-refractivity contribution in [3.05, 3.63) is 33.7 Å². The fourth-order valence-electron chi connectivity index (χ4n) is 1.03. The third-order valence-electron chi connectivity index (χ3n) is 1.65. The van der Waals surface area contributed by atoms with Gasteiger partial charge in [-0.2, -0.15) is 5.10 Å². The summed E-state index contributed by atoms with van der Waals surface area (Å²) in [6, 6.07) is 0. The van der Waals surface area contributed by atoms with Gasteiger partial charge in [0, 0.05) is 6.54 Å². The van der Waals surface area contributed by atoms with Gasteiger partial charge >= 0.3 is 0 Å². The Kier molecular flexibility index (Phi) is 3.88. The van der Waals surface area contributed by atoms with Gasteiger partial charge in [-0.05, 0) is 22.9 Å². The first-order valence-electron chi connectivity index (χ1n) is 4.31. The second kappa shape index (κ2) is 4.95. The average molecular weight is 258 g/mol. The molecule has 0 bridgehead atoms. The van der Waals surface area contributed by atoms with E-state index in [0.29, 0.717) is 11.0 Å². The van der Waals surface area contributed by atoms with Gasteiger partial charge in [0.1, 0.15) is 4.47 Å². The van der Waals surface area contributed by atoms with Crippen LogP contribution < -0.4 is 10.9 Å². The Bertz CT molecular complexity index is 386. The van der Waals surface area contributed by atoms with Gasteiger partial charge in [0.25, 0.3) is 5.56 Å². The zero-order valence-electron chi connectivity index (χ0n) is 7.96. The Balaban J connectivity index is 3.12. The molecule has 0 spiro atoms. The van der Waals surface area contributed by atoms with Crippen LogP contribution in [0.25, 0.3) is 0 Å². The van der Waals surface area contributed by atoms with Crippen LogP contribution in [0.5, 0.6) is 0 Å². The van der Waals surface area contributed by atoms with Crippen LogP contribution in [0.3, 0.4) is 0 Å². The summed E-state index contributed by atoms with van der Waals surface area (Å²) in [6.07, 6.45) is 3.26. The summed E-state index contributed by atoms with van der Waals surface area (Å²) < 4.78 is 1.86. The van der Waals surface area contributed by atoms with Gasteiger partial charge in [-0.1, -0.05) is 6.08 Å². The van der Waals surface area contributed by atoms with Gasteiger partial charge in [-0.3, -0.25) is 4.79 Å². The van der Waals surface area contributed by atoms with Crippen LogP contribution >= 0.6 is 15.9 Å². The minimum Gasteiger partial charge on any atom is -0.383 e. The highest BCUT2D eigenvalue weighted by Gasteiger charge is 2.06. The molecular formula is C9H12BrN3O. The Morgan fingerprint density at radius 2 is 2.50 bits per heavy atom. The van der Waals surface area contributed by atoms with E-state index in [1.54, 1.807) is 12.3 Å². The molecule has 1 N–H and O–H groups in total. The van der Waals surface area contributed by atoms with Crippen LogP contribution in [0.2, 0.25) is 0 Å². The monoisotopic (exact) mass is 257 g/mol. The molecule has 0 aliphatic heterocycles. The minimum atomic E-state index is -0.150. The number of aromatic nitrogens is 2. The molecule has 76 valence electrons. The van der Waals surface area contributed by atoms with Crippen molar-refractivity contribution in [2.75, 3.05) is 11.9 Å². The lowest BCUT2D eigenvalue weighted by Crippen LogP contribution is -2.23. The maximum Gasteiger partial charge on any atom is 0.283 e. The summed E-state index contributed by atoms with van der Waals surface area (Å²) >= 11 is 3.23. The minimum absolute atomic E-state index is 0.150. The highest BCUT2D eigenvalue weighted by atomic mass is 79.9. The molecule has 1 aromatic rings. The Labute approximate surface area is 90.8 Å². The Morgan fingerprint density at radius 1 is 1.79 bits per heavy atom. The number of anilines is 1. The van der Waals surface area contributed by atoms with Crippen molar-refractivity contribution in [3.63, 3.8) is 0 Å². The number of nitrogens with one attached hydrogen (secondary N) is 1. The van der Waals surface area contributed by atoms with E-state index >= 15 is 0 Å². The Morgan fingerprint density at radius 3 is 3.07 bits per heavy atom. The van der Waals surface area contributed by atoms with Crippen molar-refractivity contribution >= 4 is 21.6 Å². The fourth-order valence-corrected chi connectivity index (χ4v) is 1.48.